The third kappa shape index (κ3) is 3.71. The van der Waals surface area contributed by atoms with Gasteiger partial charge < -0.3 is 10.6 Å². The van der Waals surface area contributed by atoms with Crippen LogP contribution in [0.2, 0.25) is 0 Å². The molecule has 2 fully saturated rings. The molecule has 0 spiro atoms. The van der Waals surface area contributed by atoms with Crippen LogP contribution in [0.4, 0.5) is 0 Å². The van der Waals surface area contributed by atoms with Crippen LogP contribution in [-0.4, -0.2) is 23.5 Å². The molecule has 0 bridgehead atoms. The SMILES string of the molecule is CCC1NC(C(=O)NC(C)(C)C)CC2CCCCC21. The number of carbonyl (C=O) groups excluding carboxylic acids is 1. The lowest BCUT2D eigenvalue weighted by molar-refractivity contribution is -0.126. The van der Waals surface area contributed by atoms with Gasteiger partial charge in [0.2, 0.25) is 5.91 Å². The van der Waals surface area contributed by atoms with Gasteiger partial charge in [0.25, 0.3) is 0 Å². The Kier molecular flexibility index (Phi) is 4.54. The number of fused-ring (bicyclic) bond motifs is 1. The van der Waals surface area contributed by atoms with Crippen LogP contribution in [0.3, 0.4) is 0 Å². The van der Waals surface area contributed by atoms with Crippen molar-refractivity contribution in [3.8, 4) is 0 Å². The zero-order valence-corrected chi connectivity index (χ0v) is 13.0. The van der Waals surface area contributed by atoms with Gasteiger partial charge in [-0.05, 0) is 51.9 Å². The van der Waals surface area contributed by atoms with E-state index in [0.717, 1.165) is 24.7 Å². The minimum absolute atomic E-state index is 0.0172. The van der Waals surface area contributed by atoms with Gasteiger partial charge in [0.1, 0.15) is 0 Å². The molecule has 1 saturated carbocycles. The van der Waals surface area contributed by atoms with Crippen LogP contribution in [0.1, 0.15) is 66.2 Å². The van der Waals surface area contributed by atoms with Crippen molar-refractivity contribution in [2.24, 2.45) is 11.8 Å². The molecule has 19 heavy (non-hydrogen) atoms. The summed E-state index contributed by atoms with van der Waals surface area (Å²) in [6.07, 6.45) is 7.57. The van der Waals surface area contributed by atoms with E-state index in [2.05, 4.69) is 38.3 Å². The van der Waals surface area contributed by atoms with Crippen LogP contribution in [0.15, 0.2) is 0 Å². The molecule has 3 heteroatoms. The lowest BCUT2D eigenvalue weighted by Crippen LogP contribution is -2.59. The average molecular weight is 266 g/mol. The molecule has 0 aromatic carbocycles. The molecular formula is C16H30N2O. The Labute approximate surface area is 117 Å². The average Bonchev–Trinajstić information content (AvgIpc) is 2.35. The molecule has 1 saturated heterocycles. The second kappa shape index (κ2) is 5.82. The Hall–Kier alpha value is -0.570. The van der Waals surface area contributed by atoms with Crippen LogP contribution in [-0.2, 0) is 4.79 Å². The van der Waals surface area contributed by atoms with E-state index in [1.165, 1.54) is 25.7 Å². The van der Waals surface area contributed by atoms with E-state index < -0.39 is 0 Å². The highest BCUT2D eigenvalue weighted by molar-refractivity contribution is 5.82. The number of rotatable bonds is 2. The van der Waals surface area contributed by atoms with Crippen LogP contribution in [0.5, 0.6) is 0 Å². The van der Waals surface area contributed by atoms with Gasteiger partial charge in [-0.2, -0.15) is 0 Å². The van der Waals surface area contributed by atoms with E-state index in [1.807, 2.05) is 0 Å². The predicted molar refractivity (Wildman–Crippen MR) is 79.0 cm³/mol. The highest BCUT2D eigenvalue weighted by Crippen LogP contribution is 2.39. The number of hydrogen-bond donors (Lipinski definition) is 2. The van der Waals surface area contributed by atoms with Gasteiger partial charge in [0.05, 0.1) is 6.04 Å². The summed E-state index contributed by atoms with van der Waals surface area (Å²) in [5.41, 5.74) is -0.135. The van der Waals surface area contributed by atoms with Crippen molar-refractivity contribution in [3.63, 3.8) is 0 Å². The first kappa shape index (κ1) is 14.8. The third-order valence-corrected chi connectivity index (χ3v) is 4.69. The van der Waals surface area contributed by atoms with Gasteiger partial charge in [0, 0.05) is 11.6 Å². The minimum Gasteiger partial charge on any atom is -0.350 e. The molecule has 110 valence electrons. The van der Waals surface area contributed by atoms with Crippen molar-refractivity contribution < 1.29 is 4.79 Å². The van der Waals surface area contributed by atoms with Crippen LogP contribution >= 0.6 is 0 Å². The van der Waals surface area contributed by atoms with Gasteiger partial charge in [-0.25, -0.2) is 0 Å². The standard InChI is InChI=1S/C16H30N2O/c1-5-13-12-9-7-6-8-11(12)10-14(17-13)15(19)18-16(2,3)4/h11-14,17H,5-10H2,1-4H3,(H,18,19). The largest absolute Gasteiger partial charge is 0.350 e. The fourth-order valence-electron chi connectivity index (χ4n) is 3.87. The van der Waals surface area contributed by atoms with Gasteiger partial charge in [-0.3, -0.25) is 4.79 Å². The molecule has 1 amide bonds. The second-order valence-electron chi connectivity index (χ2n) is 7.42. The summed E-state index contributed by atoms with van der Waals surface area (Å²) in [4.78, 5) is 12.4. The fourth-order valence-corrected chi connectivity index (χ4v) is 3.87. The molecule has 1 aliphatic carbocycles. The summed E-state index contributed by atoms with van der Waals surface area (Å²) in [5.74, 6) is 1.75. The van der Waals surface area contributed by atoms with Gasteiger partial charge in [0.15, 0.2) is 0 Å². The Balaban J connectivity index is 2.01. The van der Waals surface area contributed by atoms with Gasteiger partial charge >= 0.3 is 0 Å². The van der Waals surface area contributed by atoms with Crippen LogP contribution < -0.4 is 10.6 Å². The second-order valence-corrected chi connectivity index (χ2v) is 7.42. The van der Waals surface area contributed by atoms with E-state index in [1.54, 1.807) is 0 Å². The molecule has 4 atom stereocenters. The lowest BCUT2D eigenvalue weighted by Gasteiger charge is -2.45. The van der Waals surface area contributed by atoms with Gasteiger partial charge in [-0.1, -0.05) is 26.2 Å². The zero-order valence-electron chi connectivity index (χ0n) is 13.0. The summed E-state index contributed by atoms with van der Waals surface area (Å²) in [7, 11) is 0. The number of carbonyl (C=O) groups is 1. The summed E-state index contributed by atoms with van der Waals surface area (Å²) < 4.78 is 0. The highest BCUT2D eigenvalue weighted by Gasteiger charge is 2.40. The molecule has 0 aromatic rings. The first-order valence-corrected chi connectivity index (χ1v) is 7.99. The molecule has 0 radical (unpaired) electrons. The third-order valence-electron chi connectivity index (χ3n) is 4.69. The minimum atomic E-state index is -0.135. The molecule has 2 N–H and O–H groups in total. The maximum atomic E-state index is 12.4. The predicted octanol–water partition coefficient (Wildman–Crippen LogP) is 2.85. The number of nitrogens with one attached hydrogen (secondary N) is 2. The van der Waals surface area contributed by atoms with Crippen molar-refractivity contribution in [1.82, 2.24) is 10.6 Å². The number of piperidine rings is 1. The fraction of sp³-hybridized carbons (Fsp3) is 0.938. The Morgan fingerprint density at radius 1 is 1.26 bits per heavy atom. The molecule has 2 aliphatic rings. The first-order chi connectivity index (χ1) is 8.90. The van der Waals surface area contributed by atoms with E-state index >= 15 is 0 Å². The lowest BCUT2D eigenvalue weighted by atomic mass is 9.69. The molecular weight excluding hydrogens is 236 g/mol. The maximum absolute atomic E-state index is 12.4. The van der Waals surface area contributed by atoms with E-state index in [9.17, 15) is 4.79 Å². The Morgan fingerprint density at radius 3 is 2.58 bits per heavy atom. The Bertz CT molecular complexity index is 313. The van der Waals surface area contributed by atoms with E-state index in [-0.39, 0.29) is 17.5 Å². The number of hydrogen-bond acceptors (Lipinski definition) is 2. The molecule has 2 rings (SSSR count). The van der Waals surface area contributed by atoms with Crippen LogP contribution in [0.25, 0.3) is 0 Å². The topological polar surface area (TPSA) is 41.1 Å². The van der Waals surface area contributed by atoms with Crippen molar-refractivity contribution in [2.75, 3.05) is 0 Å². The number of amides is 1. The maximum Gasteiger partial charge on any atom is 0.237 e. The summed E-state index contributed by atoms with van der Waals surface area (Å²) in [6, 6.07) is 0.554. The van der Waals surface area contributed by atoms with E-state index in [0.29, 0.717) is 6.04 Å². The van der Waals surface area contributed by atoms with E-state index in [4.69, 9.17) is 0 Å². The molecule has 0 aromatic heterocycles. The Morgan fingerprint density at radius 2 is 1.95 bits per heavy atom. The molecule has 4 unspecified atom stereocenters. The summed E-state index contributed by atoms with van der Waals surface area (Å²) in [6.45, 7) is 8.39. The van der Waals surface area contributed by atoms with Gasteiger partial charge in [-0.15, -0.1) is 0 Å². The monoisotopic (exact) mass is 266 g/mol. The first-order valence-electron chi connectivity index (χ1n) is 7.99. The van der Waals surface area contributed by atoms with Crippen molar-refractivity contribution >= 4 is 5.91 Å². The van der Waals surface area contributed by atoms with Crippen molar-refractivity contribution in [3.05, 3.63) is 0 Å². The highest BCUT2D eigenvalue weighted by atomic mass is 16.2. The van der Waals surface area contributed by atoms with Crippen molar-refractivity contribution in [1.29, 1.82) is 0 Å². The molecule has 1 aliphatic heterocycles. The zero-order chi connectivity index (χ0) is 14.0. The van der Waals surface area contributed by atoms with Crippen LogP contribution in [0, 0.1) is 11.8 Å². The quantitative estimate of drug-likeness (QED) is 0.807. The summed E-state index contributed by atoms with van der Waals surface area (Å²) >= 11 is 0. The van der Waals surface area contributed by atoms with Crippen molar-refractivity contribution in [2.45, 2.75) is 83.8 Å². The molecule has 1 heterocycles. The smallest absolute Gasteiger partial charge is 0.237 e. The molecule has 3 nitrogen and oxygen atoms in total. The summed E-state index contributed by atoms with van der Waals surface area (Å²) in [5, 5.41) is 6.74. The normalized spacial score (nSPS) is 35.6.